The number of nitrogens with two attached hydrogens (primary N) is 3. The first-order valence-corrected chi connectivity index (χ1v) is 15.8. The number of rotatable bonds is 9. The zero-order chi connectivity index (χ0) is 28.8. The van der Waals surface area contributed by atoms with E-state index in [0.29, 0.717) is 17.4 Å². The Kier molecular flexibility index (Phi) is 11.5. The van der Waals surface area contributed by atoms with Crippen molar-refractivity contribution in [3.8, 4) is 0 Å². The van der Waals surface area contributed by atoms with Crippen LogP contribution in [0.1, 0.15) is 57.6 Å². The zero-order valence-electron chi connectivity index (χ0n) is 22.9. The van der Waals surface area contributed by atoms with Crippen LogP contribution in [-0.2, 0) is 22.1 Å². The van der Waals surface area contributed by atoms with E-state index in [2.05, 4.69) is 53.9 Å². The first-order valence-electron chi connectivity index (χ1n) is 13.3. The third-order valence-electron chi connectivity index (χ3n) is 6.92. The van der Waals surface area contributed by atoms with Crippen molar-refractivity contribution in [2.45, 2.75) is 56.8 Å². The average molecular weight is 694 g/mol. The normalized spacial score (nSPS) is 21.1. The molecule has 1 aliphatic carbocycles. The number of piperidine rings is 1. The van der Waals surface area contributed by atoms with E-state index in [1.165, 1.54) is 67.7 Å². The second kappa shape index (κ2) is 14.0. The van der Waals surface area contributed by atoms with E-state index in [1.807, 2.05) is 0 Å². The van der Waals surface area contributed by atoms with Crippen molar-refractivity contribution in [3.63, 3.8) is 0 Å². The molecular formula is C28H41ClF2IN6S+. The highest BCUT2D eigenvalue weighted by Crippen LogP contribution is 2.43. The van der Waals surface area contributed by atoms with Gasteiger partial charge >= 0.3 is 3.93 Å². The van der Waals surface area contributed by atoms with Crippen molar-refractivity contribution in [1.82, 2.24) is 4.90 Å². The van der Waals surface area contributed by atoms with E-state index in [1.54, 1.807) is 0 Å². The summed E-state index contributed by atoms with van der Waals surface area (Å²) in [7, 11) is 0. The minimum atomic E-state index is -3.13. The molecule has 0 radical (unpaired) electrons. The Morgan fingerprint density at radius 1 is 1.23 bits per heavy atom. The number of aliphatic imine (C=N–C) groups is 2. The maximum Gasteiger partial charge on any atom is 0.322 e. The van der Waals surface area contributed by atoms with Crippen molar-refractivity contribution in [2.75, 3.05) is 25.4 Å². The van der Waals surface area contributed by atoms with Crippen LogP contribution in [0.3, 0.4) is 0 Å². The number of allylic oxidation sites excluding steroid dienone is 3. The largest absolute Gasteiger partial charge is 0.370 e. The number of benzene rings is 1. The summed E-state index contributed by atoms with van der Waals surface area (Å²) in [5, 5.41) is 0.217. The van der Waals surface area contributed by atoms with E-state index < -0.39 is 3.93 Å². The lowest BCUT2D eigenvalue weighted by molar-refractivity contribution is 0.126. The standard InChI is InChI=1S/C28H40ClF2IN6S/c1-27(2,3)10-12-38-11-4-5-19(16-38)17-39-21-8-6-18(7-9-21)13-22-23(28(30,31)32)14-20(15-24(22)29)36-26(35)37-25(33)34/h6,8-9,14-15,18-19H,4-5,7,10-13,16-17H2,1-3H3,(H6,33,34,35,36,37)/p+1. The second-order valence-corrected chi connectivity index (χ2v) is 14.6. The second-order valence-electron chi connectivity index (χ2n) is 11.6. The van der Waals surface area contributed by atoms with Gasteiger partial charge < -0.3 is 22.1 Å². The molecule has 1 heterocycles. The lowest BCUT2D eigenvalue weighted by Crippen LogP contribution is -2.38. The van der Waals surface area contributed by atoms with Gasteiger partial charge in [-0.1, -0.05) is 38.4 Å². The zero-order valence-corrected chi connectivity index (χ0v) is 26.7. The molecule has 1 fully saturated rings. The summed E-state index contributed by atoms with van der Waals surface area (Å²) < 4.78 is 26.1. The van der Waals surface area contributed by atoms with Crippen LogP contribution < -0.4 is 17.2 Å². The van der Waals surface area contributed by atoms with Gasteiger partial charge in [-0.25, -0.2) is 4.99 Å². The predicted molar refractivity (Wildman–Crippen MR) is 172 cm³/mol. The summed E-state index contributed by atoms with van der Waals surface area (Å²) in [6, 6.07) is 2.81. The molecule has 1 aromatic rings. The first-order chi connectivity index (χ1) is 18.2. The van der Waals surface area contributed by atoms with Crippen molar-refractivity contribution < 1.29 is 8.78 Å². The summed E-state index contributed by atoms with van der Waals surface area (Å²) in [6.07, 6.45) is 11.5. The van der Waals surface area contributed by atoms with Gasteiger partial charge in [0.2, 0.25) is 5.96 Å². The number of hydrogen-bond acceptors (Lipinski definition) is 2. The van der Waals surface area contributed by atoms with Gasteiger partial charge in [0, 0.05) is 57.4 Å². The third kappa shape index (κ3) is 10.8. The fraction of sp³-hybridized carbons (Fsp3) is 0.571. The summed E-state index contributed by atoms with van der Waals surface area (Å²) >= 11 is 8.96. The van der Waals surface area contributed by atoms with E-state index in [9.17, 15) is 8.78 Å². The topological polar surface area (TPSA) is 106 Å². The molecule has 216 valence electrons. The molecule has 0 saturated carbocycles. The number of likely N-dealkylation sites (tertiary alicyclic amines) is 1. The van der Waals surface area contributed by atoms with Crippen molar-refractivity contribution >= 4 is 63.6 Å². The maximum absolute atomic E-state index is 14.6. The number of thiol groups is 1. The van der Waals surface area contributed by atoms with Gasteiger partial charge in [-0.3, -0.25) is 0 Å². The van der Waals surface area contributed by atoms with Gasteiger partial charge in [-0.05, 0) is 86.4 Å². The summed E-state index contributed by atoms with van der Waals surface area (Å²) in [6.45, 7) is 10.5. The Labute approximate surface area is 254 Å². The van der Waals surface area contributed by atoms with Crippen LogP contribution in [0.4, 0.5) is 14.5 Å². The highest BCUT2D eigenvalue weighted by molar-refractivity contribution is 14.1. The maximum atomic E-state index is 14.6. The molecule has 1 aliphatic heterocycles. The van der Waals surface area contributed by atoms with Crippen LogP contribution in [0.15, 0.2) is 45.3 Å². The van der Waals surface area contributed by atoms with Gasteiger partial charge in [-0.15, -0.1) is 0 Å². The number of halogens is 4. The molecule has 39 heavy (non-hydrogen) atoms. The van der Waals surface area contributed by atoms with Gasteiger partial charge in [0.25, 0.3) is 0 Å². The fourth-order valence-electron chi connectivity index (χ4n) is 4.85. The third-order valence-corrected chi connectivity index (χ3v) is 9.24. The van der Waals surface area contributed by atoms with Gasteiger partial charge in [0.1, 0.15) is 10.7 Å². The lowest BCUT2D eigenvalue weighted by atomic mass is 9.90. The fourth-order valence-corrected chi connectivity index (χ4v) is 6.82. The van der Waals surface area contributed by atoms with Crippen LogP contribution in [0.25, 0.3) is 0 Å². The molecule has 0 amide bonds. The molecule has 2 aliphatic rings. The number of hydrogen-bond donors (Lipinski definition) is 3. The Bertz CT molecular complexity index is 1120. The first kappa shape index (κ1) is 32.1. The highest BCUT2D eigenvalue weighted by Gasteiger charge is 2.33. The van der Waals surface area contributed by atoms with Gasteiger partial charge in [0.15, 0.2) is 5.96 Å². The van der Waals surface area contributed by atoms with Crippen LogP contribution in [0, 0.1) is 17.3 Å². The SMILES string of the molecule is CC(C)(C)CCN1CCCC(C[SH+]C2=CCC(Cc3c(Cl)cc(N=C(N)N=C(N)N)cc3C(F)(F)I)C=C2)C1. The Balaban J connectivity index is 1.60. The Morgan fingerprint density at radius 2 is 1.97 bits per heavy atom. The van der Waals surface area contributed by atoms with E-state index in [-0.39, 0.29) is 34.1 Å². The predicted octanol–water partition coefficient (Wildman–Crippen LogP) is 6.01. The molecular weight excluding hydrogens is 653 g/mol. The van der Waals surface area contributed by atoms with Crippen molar-refractivity contribution in [2.24, 2.45) is 44.4 Å². The summed E-state index contributed by atoms with van der Waals surface area (Å²) in [5.74, 6) is 1.46. The molecule has 0 aromatic heterocycles. The molecule has 6 nitrogen and oxygen atoms in total. The van der Waals surface area contributed by atoms with Gasteiger partial charge in [-0.2, -0.15) is 13.8 Å². The highest BCUT2D eigenvalue weighted by atomic mass is 127. The average Bonchev–Trinajstić information content (AvgIpc) is 2.82. The summed E-state index contributed by atoms with van der Waals surface area (Å²) in [4.78, 5) is 11.6. The van der Waals surface area contributed by atoms with Crippen LogP contribution in [0.5, 0.6) is 0 Å². The molecule has 0 bridgehead atoms. The molecule has 2 atom stereocenters. The number of guanidine groups is 2. The molecule has 3 rings (SSSR count). The molecule has 0 spiro atoms. The minimum Gasteiger partial charge on any atom is -0.370 e. The Morgan fingerprint density at radius 3 is 2.59 bits per heavy atom. The smallest absolute Gasteiger partial charge is 0.322 e. The van der Waals surface area contributed by atoms with Crippen molar-refractivity contribution in [3.05, 3.63) is 51.4 Å². The Hall–Kier alpha value is -1.37. The lowest BCUT2D eigenvalue weighted by Gasteiger charge is -2.33. The van der Waals surface area contributed by atoms with Gasteiger partial charge in [0.05, 0.1) is 5.69 Å². The van der Waals surface area contributed by atoms with E-state index in [0.717, 1.165) is 40.7 Å². The van der Waals surface area contributed by atoms with Crippen LogP contribution in [-0.4, -0.2) is 42.2 Å². The molecule has 2 unspecified atom stereocenters. The monoisotopic (exact) mass is 693 g/mol. The van der Waals surface area contributed by atoms with Crippen LogP contribution >= 0.6 is 34.2 Å². The quantitative estimate of drug-likeness (QED) is 0.0736. The number of alkyl halides is 3. The van der Waals surface area contributed by atoms with Crippen molar-refractivity contribution in [1.29, 1.82) is 0 Å². The van der Waals surface area contributed by atoms with E-state index >= 15 is 0 Å². The van der Waals surface area contributed by atoms with Crippen LogP contribution in [0.2, 0.25) is 5.02 Å². The molecule has 6 N–H and O–H groups in total. The molecule has 1 aromatic carbocycles. The number of nitrogens with zero attached hydrogens (tertiary/aromatic N) is 3. The van der Waals surface area contributed by atoms with E-state index in [4.69, 9.17) is 28.8 Å². The minimum absolute atomic E-state index is 0.0857. The molecule has 11 heteroatoms. The molecule has 1 saturated heterocycles. The summed E-state index contributed by atoms with van der Waals surface area (Å²) in [5.41, 5.74) is 17.1.